The zero-order valence-electron chi connectivity index (χ0n) is 17.5. The molecule has 0 saturated carbocycles. The summed E-state index contributed by atoms with van der Waals surface area (Å²) in [5.41, 5.74) is 1.78. The third-order valence-corrected chi connectivity index (χ3v) is 5.53. The Morgan fingerprint density at radius 2 is 1.50 bits per heavy atom. The van der Waals surface area contributed by atoms with Crippen molar-refractivity contribution in [2.75, 3.05) is 32.8 Å². The topological polar surface area (TPSA) is 59.1 Å². The van der Waals surface area contributed by atoms with E-state index < -0.39 is 5.92 Å². The predicted octanol–water partition coefficient (Wildman–Crippen LogP) is 4.25. The van der Waals surface area contributed by atoms with Crippen LogP contribution in [0.1, 0.15) is 37.3 Å². The molecule has 2 aromatic rings. The van der Waals surface area contributed by atoms with Crippen molar-refractivity contribution >= 4 is 12.0 Å². The van der Waals surface area contributed by atoms with Gasteiger partial charge in [0.1, 0.15) is 11.5 Å². The Kier molecular flexibility index (Phi) is 5.93. The van der Waals surface area contributed by atoms with Crippen LogP contribution in [0.2, 0.25) is 0 Å². The van der Waals surface area contributed by atoms with Gasteiger partial charge in [-0.15, -0.1) is 0 Å². The largest absolute Gasteiger partial charge is 0.457 e. The van der Waals surface area contributed by atoms with Gasteiger partial charge in [-0.3, -0.25) is 4.79 Å². The zero-order chi connectivity index (χ0) is 21.1. The summed E-state index contributed by atoms with van der Waals surface area (Å²) in [5, 5.41) is 0. The summed E-state index contributed by atoms with van der Waals surface area (Å²) in [7, 11) is 0. The maximum atomic E-state index is 13.7. The summed E-state index contributed by atoms with van der Waals surface area (Å²) in [6.45, 7) is 6.63. The Morgan fingerprint density at radius 3 is 2.13 bits per heavy atom. The molecule has 2 heterocycles. The molecule has 0 aromatic heterocycles. The lowest BCUT2D eigenvalue weighted by Gasteiger charge is -2.31. The molecule has 0 unspecified atom stereocenters. The molecule has 4 rings (SSSR count). The van der Waals surface area contributed by atoms with Crippen molar-refractivity contribution in [3.05, 3.63) is 59.7 Å². The van der Waals surface area contributed by atoms with Crippen LogP contribution >= 0.6 is 0 Å². The minimum absolute atomic E-state index is 0.0515. The first-order chi connectivity index (χ1) is 14.5. The van der Waals surface area contributed by atoms with Crippen LogP contribution in [0.15, 0.2) is 48.5 Å². The summed E-state index contributed by atoms with van der Waals surface area (Å²) < 4.78 is 11.4. The number of nitrogens with zero attached hydrogens (tertiary/aromatic N) is 2. The molecule has 0 atom stereocenters. The average Bonchev–Trinajstić information content (AvgIpc) is 3.01. The van der Waals surface area contributed by atoms with E-state index in [4.69, 9.17) is 9.47 Å². The maximum Gasteiger partial charge on any atom is 0.409 e. The summed E-state index contributed by atoms with van der Waals surface area (Å²) in [6, 6.07) is 15.4. The monoisotopic (exact) mass is 408 g/mol. The number of carbonyl (C=O) groups is 2. The predicted molar refractivity (Wildman–Crippen MR) is 114 cm³/mol. The molecule has 6 heteroatoms. The van der Waals surface area contributed by atoms with Crippen molar-refractivity contribution < 1.29 is 19.1 Å². The van der Waals surface area contributed by atoms with Crippen LogP contribution < -0.4 is 4.74 Å². The highest BCUT2D eigenvalue weighted by molar-refractivity contribution is 5.89. The first kappa shape index (κ1) is 20.3. The molecular weight excluding hydrogens is 380 g/mol. The first-order valence-electron chi connectivity index (χ1n) is 10.6. The quantitative estimate of drug-likeness (QED) is 0.762. The molecular formula is C24H28N2O4. The van der Waals surface area contributed by atoms with Gasteiger partial charge >= 0.3 is 6.09 Å². The van der Waals surface area contributed by atoms with Crippen LogP contribution in [-0.2, 0) is 9.53 Å². The molecule has 2 aromatic carbocycles. The van der Waals surface area contributed by atoms with Gasteiger partial charge in [-0.25, -0.2) is 4.79 Å². The fourth-order valence-electron chi connectivity index (χ4n) is 4.01. The van der Waals surface area contributed by atoms with Crippen LogP contribution in [0.3, 0.4) is 0 Å². The van der Waals surface area contributed by atoms with Gasteiger partial charge < -0.3 is 19.3 Å². The Hall–Kier alpha value is -3.02. The molecule has 0 radical (unpaired) electrons. The fraction of sp³-hybridized carbons (Fsp3) is 0.417. The van der Waals surface area contributed by atoms with Crippen molar-refractivity contribution in [3.8, 4) is 11.5 Å². The van der Waals surface area contributed by atoms with Crippen molar-refractivity contribution in [2.45, 2.75) is 26.2 Å². The highest BCUT2D eigenvalue weighted by Crippen LogP contribution is 2.44. The van der Waals surface area contributed by atoms with E-state index in [1.807, 2.05) is 67.3 Å². The number of rotatable bonds is 3. The van der Waals surface area contributed by atoms with Crippen LogP contribution in [0.4, 0.5) is 4.79 Å². The number of ether oxygens (including phenoxy) is 2. The highest BCUT2D eigenvalue weighted by Gasteiger charge is 2.35. The van der Waals surface area contributed by atoms with E-state index in [0.29, 0.717) is 38.7 Å². The Balaban J connectivity index is 1.52. The molecule has 0 bridgehead atoms. The van der Waals surface area contributed by atoms with Gasteiger partial charge in [-0.05, 0) is 24.5 Å². The number of para-hydroxylation sites is 2. The standard InChI is InChI=1S/C24H28N2O4/c1-17(2)16-29-24(28)26-13-7-12-25(14-15-26)23(27)22-18-8-3-5-10-20(18)30-21-11-6-4-9-19(21)22/h3-6,8-11,17,22H,7,12-16H2,1-2H3. The molecule has 2 aliphatic rings. The van der Waals surface area contributed by atoms with Gasteiger partial charge in [-0.1, -0.05) is 50.2 Å². The average molecular weight is 408 g/mol. The summed E-state index contributed by atoms with van der Waals surface area (Å²) in [6.07, 6.45) is 0.439. The zero-order valence-corrected chi connectivity index (χ0v) is 17.5. The third-order valence-electron chi connectivity index (χ3n) is 5.53. The van der Waals surface area contributed by atoms with Crippen molar-refractivity contribution in [1.29, 1.82) is 0 Å². The highest BCUT2D eigenvalue weighted by atomic mass is 16.6. The second-order valence-corrected chi connectivity index (χ2v) is 8.25. The lowest BCUT2D eigenvalue weighted by molar-refractivity contribution is -0.131. The summed E-state index contributed by atoms with van der Waals surface area (Å²) in [5.74, 6) is 1.40. The molecule has 2 aliphatic heterocycles. The first-order valence-corrected chi connectivity index (χ1v) is 10.6. The van der Waals surface area contributed by atoms with E-state index in [-0.39, 0.29) is 12.0 Å². The lowest BCUT2D eigenvalue weighted by atomic mass is 9.87. The molecule has 1 saturated heterocycles. The third kappa shape index (κ3) is 4.13. The van der Waals surface area contributed by atoms with E-state index in [0.717, 1.165) is 29.0 Å². The molecule has 0 aliphatic carbocycles. The number of hydrogen-bond donors (Lipinski definition) is 0. The molecule has 0 spiro atoms. The van der Waals surface area contributed by atoms with Gasteiger partial charge in [0.25, 0.3) is 0 Å². The van der Waals surface area contributed by atoms with Crippen LogP contribution in [0.5, 0.6) is 11.5 Å². The van der Waals surface area contributed by atoms with E-state index in [1.54, 1.807) is 4.90 Å². The fourth-order valence-corrected chi connectivity index (χ4v) is 4.01. The van der Waals surface area contributed by atoms with Crippen LogP contribution in [0, 0.1) is 5.92 Å². The number of fused-ring (bicyclic) bond motifs is 2. The number of amides is 2. The second-order valence-electron chi connectivity index (χ2n) is 8.25. The maximum absolute atomic E-state index is 13.7. The van der Waals surface area contributed by atoms with Crippen LogP contribution in [0.25, 0.3) is 0 Å². The molecule has 30 heavy (non-hydrogen) atoms. The van der Waals surface area contributed by atoms with E-state index in [9.17, 15) is 9.59 Å². The molecule has 1 fully saturated rings. The van der Waals surface area contributed by atoms with Crippen molar-refractivity contribution in [1.82, 2.24) is 9.80 Å². The normalized spacial score (nSPS) is 16.4. The van der Waals surface area contributed by atoms with Gasteiger partial charge in [0.05, 0.1) is 12.5 Å². The van der Waals surface area contributed by atoms with Gasteiger partial charge in [0, 0.05) is 37.3 Å². The van der Waals surface area contributed by atoms with Crippen molar-refractivity contribution in [2.24, 2.45) is 5.92 Å². The Labute approximate surface area is 177 Å². The summed E-state index contributed by atoms with van der Waals surface area (Å²) >= 11 is 0. The van der Waals surface area contributed by atoms with Gasteiger partial charge in [0.2, 0.25) is 5.91 Å². The van der Waals surface area contributed by atoms with E-state index >= 15 is 0 Å². The molecule has 0 N–H and O–H groups in total. The minimum Gasteiger partial charge on any atom is -0.457 e. The van der Waals surface area contributed by atoms with E-state index in [2.05, 4.69) is 0 Å². The number of carbonyl (C=O) groups excluding carboxylic acids is 2. The molecule has 6 nitrogen and oxygen atoms in total. The van der Waals surface area contributed by atoms with Crippen molar-refractivity contribution in [3.63, 3.8) is 0 Å². The molecule has 2 amide bonds. The van der Waals surface area contributed by atoms with Gasteiger partial charge in [-0.2, -0.15) is 0 Å². The van der Waals surface area contributed by atoms with E-state index in [1.165, 1.54) is 0 Å². The SMILES string of the molecule is CC(C)COC(=O)N1CCCN(C(=O)C2c3ccccc3Oc3ccccc32)CC1. The van der Waals surface area contributed by atoms with Gasteiger partial charge in [0.15, 0.2) is 0 Å². The smallest absolute Gasteiger partial charge is 0.409 e. The summed E-state index contributed by atoms with van der Waals surface area (Å²) in [4.78, 5) is 29.6. The second kappa shape index (κ2) is 8.78. The lowest BCUT2D eigenvalue weighted by Crippen LogP contribution is -2.40. The Bertz CT molecular complexity index is 881. The van der Waals surface area contributed by atoms with Crippen LogP contribution in [-0.4, -0.2) is 54.6 Å². The Morgan fingerprint density at radius 1 is 0.933 bits per heavy atom. The number of hydrogen-bond acceptors (Lipinski definition) is 4. The number of benzene rings is 2. The minimum atomic E-state index is -0.398. The molecule has 158 valence electrons.